The van der Waals surface area contributed by atoms with Crippen LogP contribution in [0.4, 0.5) is 0 Å². The first-order valence-electron chi connectivity index (χ1n) is 6.70. The van der Waals surface area contributed by atoms with E-state index in [0.717, 1.165) is 11.3 Å². The van der Waals surface area contributed by atoms with E-state index in [0.29, 0.717) is 18.8 Å². The molecule has 0 saturated heterocycles. The average Bonchev–Trinajstić information content (AvgIpc) is 2.35. The third kappa shape index (κ3) is 3.03. The Morgan fingerprint density at radius 3 is 2.72 bits per heavy atom. The first-order chi connectivity index (χ1) is 8.74. The molecule has 3 nitrogen and oxygen atoms in total. The Morgan fingerprint density at radius 1 is 1.39 bits per heavy atom. The molecule has 1 aliphatic carbocycles. The quantitative estimate of drug-likeness (QED) is 0.840. The van der Waals surface area contributed by atoms with Crippen LogP contribution in [-0.4, -0.2) is 20.3 Å². The lowest BCUT2D eigenvalue weighted by molar-refractivity contribution is -0.00936. The van der Waals surface area contributed by atoms with Crippen molar-refractivity contribution in [2.75, 3.05) is 14.2 Å². The monoisotopic (exact) mass is 249 g/mol. The van der Waals surface area contributed by atoms with Crippen molar-refractivity contribution in [3.63, 3.8) is 0 Å². The molecule has 0 bridgehead atoms. The number of benzene rings is 1. The molecular formula is C15H23NO2. The number of ether oxygens (including phenoxy) is 2. The summed E-state index contributed by atoms with van der Waals surface area (Å²) in [7, 11) is 3.68. The summed E-state index contributed by atoms with van der Waals surface area (Å²) in [4.78, 5) is 0. The van der Waals surface area contributed by atoms with Gasteiger partial charge in [-0.3, -0.25) is 0 Å². The van der Waals surface area contributed by atoms with Gasteiger partial charge in [-0.1, -0.05) is 6.07 Å². The molecule has 3 heteroatoms. The predicted octanol–water partition coefficient (Wildman–Crippen LogP) is 3.04. The summed E-state index contributed by atoms with van der Waals surface area (Å²) in [6, 6.07) is 6.66. The number of hydrogen-bond donors (Lipinski definition) is 1. The molecular weight excluding hydrogens is 226 g/mol. The van der Waals surface area contributed by atoms with Crippen LogP contribution in [0.5, 0.6) is 5.75 Å². The summed E-state index contributed by atoms with van der Waals surface area (Å²) in [5, 5.41) is 3.25. The Labute approximate surface area is 109 Å². The molecule has 0 radical (unpaired) electrons. The molecule has 0 amide bonds. The van der Waals surface area contributed by atoms with Crippen LogP contribution in [0.15, 0.2) is 18.2 Å². The van der Waals surface area contributed by atoms with Gasteiger partial charge in [0.2, 0.25) is 0 Å². The van der Waals surface area contributed by atoms with E-state index in [9.17, 15) is 0 Å². The van der Waals surface area contributed by atoms with Gasteiger partial charge in [-0.2, -0.15) is 0 Å². The van der Waals surface area contributed by atoms with Crippen LogP contribution in [0, 0.1) is 0 Å². The van der Waals surface area contributed by atoms with Gasteiger partial charge in [0.1, 0.15) is 5.75 Å². The van der Waals surface area contributed by atoms with Crippen molar-refractivity contribution in [2.24, 2.45) is 0 Å². The molecule has 0 heterocycles. The predicted molar refractivity (Wildman–Crippen MR) is 72.9 cm³/mol. The van der Waals surface area contributed by atoms with Gasteiger partial charge in [0.15, 0.2) is 0 Å². The summed E-state index contributed by atoms with van der Waals surface area (Å²) in [5.74, 6) is 0.918. The van der Waals surface area contributed by atoms with Gasteiger partial charge in [-0.15, -0.1) is 0 Å². The molecule has 0 aromatic heterocycles. The van der Waals surface area contributed by atoms with Crippen molar-refractivity contribution >= 4 is 0 Å². The van der Waals surface area contributed by atoms with Crippen LogP contribution < -0.4 is 10.1 Å². The Hall–Kier alpha value is -1.06. The lowest BCUT2D eigenvalue weighted by Crippen LogP contribution is -2.21. The molecule has 18 heavy (non-hydrogen) atoms. The van der Waals surface area contributed by atoms with E-state index in [4.69, 9.17) is 9.47 Å². The Morgan fingerprint density at radius 2 is 2.17 bits per heavy atom. The van der Waals surface area contributed by atoms with Gasteiger partial charge < -0.3 is 14.8 Å². The Kier molecular flexibility index (Phi) is 4.61. The molecule has 1 N–H and O–H groups in total. The highest BCUT2D eigenvalue weighted by Crippen LogP contribution is 2.27. The van der Waals surface area contributed by atoms with Gasteiger partial charge in [0.05, 0.1) is 19.8 Å². The zero-order valence-corrected chi connectivity index (χ0v) is 11.5. The smallest absolute Gasteiger partial charge is 0.124 e. The van der Waals surface area contributed by atoms with E-state index in [1.54, 1.807) is 7.11 Å². The molecule has 1 aliphatic rings. The second-order valence-electron chi connectivity index (χ2n) is 4.95. The lowest BCUT2D eigenvalue weighted by atomic mass is 9.96. The standard InChI is InChI=1S/C15H23NO2/c1-11(16-2)12-7-8-15(17-3)13(9-12)10-18-14-5-4-6-14/h7-9,11,14,16H,4-6,10H2,1-3H3. The van der Waals surface area contributed by atoms with Gasteiger partial charge in [0.25, 0.3) is 0 Å². The molecule has 0 aliphatic heterocycles. The summed E-state index contributed by atoms with van der Waals surface area (Å²) in [6.07, 6.45) is 4.17. The van der Waals surface area contributed by atoms with Crippen molar-refractivity contribution in [1.82, 2.24) is 5.32 Å². The van der Waals surface area contributed by atoms with Crippen LogP contribution in [0.25, 0.3) is 0 Å². The maximum atomic E-state index is 5.87. The number of nitrogens with one attached hydrogen (secondary N) is 1. The first kappa shape index (κ1) is 13.4. The highest BCUT2D eigenvalue weighted by atomic mass is 16.5. The summed E-state index contributed by atoms with van der Waals surface area (Å²) in [6.45, 7) is 2.80. The number of hydrogen-bond acceptors (Lipinski definition) is 3. The SMILES string of the molecule is CNC(C)c1ccc(OC)c(COC2CCC2)c1. The average molecular weight is 249 g/mol. The molecule has 2 rings (SSSR count). The molecule has 1 aromatic carbocycles. The van der Waals surface area contributed by atoms with Crippen LogP contribution in [0.3, 0.4) is 0 Å². The fraction of sp³-hybridized carbons (Fsp3) is 0.600. The van der Waals surface area contributed by atoms with E-state index in [1.165, 1.54) is 24.8 Å². The first-order valence-corrected chi connectivity index (χ1v) is 6.70. The third-order valence-electron chi connectivity index (χ3n) is 3.76. The van der Waals surface area contributed by atoms with Crippen molar-refractivity contribution in [3.05, 3.63) is 29.3 Å². The van der Waals surface area contributed by atoms with Crippen LogP contribution >= 0.6 is 0 Å². The fourth-order valence-corrected chi connectivity index (χ4v) is 2.09. The van der Waals surface area contributed by atoms with E-state index in [2.05, 4.69) is 24.4 Å². The molecule has 0 spiro atoms. The largest absolute Gasteiger partial charge is 0.496 e. The minimum atomic E-state index is 0.346. The second kappa shape index (κ2) is 6.21. The van der Waals surface area contributed by atoms with Crippen molar-refractivity contribution in [1.29, 1.82) is 0 Å². The number of rotatable bonds is 6. The Balaban J connectivity index is 2.08. The minimum absolute atomic E-state index is 0.346. The maximum absolute atomic E-state index is 5.87. The van der Waals surface area contributed by atoms with E-state index in [1.807, 2.05) is 13.1 Å². The second-order valence-corrected chi connectivity index (χ2v) is 4.95. The highest BCUT2D eigenvalue weighted by molar-refractivity contribution is 5.38. The van der Waals surface area contributed by atoms with Crippen LogP contribution in [0.2, 0.25) is 0 Å². The fourth-order valence-electron chi connectivity index (χ4n) is 2.09. The van der Waals surface area contributed by atoms with Gasteiger partial charge in [0, 0.05) is 11.6 Å². The van der Waals surface area contributed by atoms with Gasteiger partial charge in [-0.25, -0.2) is 0 Å². The van der Waals surface area contributed by atoms with Crippen LogP contribution in [-0.2, 0) is 11.3 Å². The minimum Gasteiger partial charge on any atom is -0.496 e. The summed E-state index contributed by atoms with van der Waals surface area (Å²) < 4.78 is 11.3. The molecule has 1 saturated carbocycles. The van der Waals surface area contributed by atoms with Gasteiger partial charge >= 0.3 is 0 Å². The summed E-state index contributed by atoms with van der Waals surface area (Å²) >= 11 is 0. The van der Waals surface area contributed by atoms with Gasteiger partial charge in [-0.05, 0) is 50.9 Å². The molecule has 1 aromatic rings. The summed E-state index contributed by atoms with van der Waals surface area (Å²) in [5.41, 5.74) is 2.41. The van der Waals surface area contributed by atoms with Crippen molar-refractivity contribution in [2.45, 2.75) is 44.9 Å². The molecule has 100 valence electrons. The van der Waals surface area contributed by atoms with E-state index in [-0.39, 0.29) is 0 Å². The number of methoxy groups -OCH3 is 1. The highest BCUT2D eigenvalue weighted by Gasteiger charge is 2.18. The Bertz CT molecular complexity index is 388. The third-order valence-corrected chi connectivity index (χ3v) is 3.76. The molecule has 1 fully saturated rings. The molecule has 1 atom stereocenters. The zero-order chi connectivity index (χ0) is 13.0. The van der Waals surface area contributed by atoms with Crippen molar-refractivity contribution < 1.29 is 9.47 Å². The normalized spacial score (nSPS) is 17.3. The van der Waals surface area contributed by atoms with E-state index >= 15 is 0 Å². The van der Waals surface area contributed by atoms with Crippen molar-refractivity contribution in [3.8, 4) is 5.75 Å². The lowest BCUT2D eigenvalue weighted by Gasteiger charge is -2.26. The zero-order valence-electron chi connectivity index (χ0n) is 11.5. The van der Waals surface area contributed by atoms with E-state index < -0.39 is 0 Å². The molecule has 1 unspecified atom stereocenters. The maximum Gasteiger partial charge on any atom is 0.124 e. The van der Waals surface area contributed by atoms with Crippen LogP contribution in [0.1, 0.15) is 43.4 Å². The topological polar surface area (TPSA) is 30.5 Å².